The van der Waals surface area contributed by atoms with Gasteiger partial charge in [-0.25, -0.2) is 4.79 Å². The van der Waals surface area contributed by atoms with Crippen molar-refractivity contribution < 1.29 is 32.5 Å². The maximum absolute atomic E-state index is 12.6. The van der Waals surface area contributed by atoms with Crippen molar-refractivity contribution in [2.75, 3.05) is 0 Å². The van der Waals surface area contributed by atoms with Crippen LogP contribution < -0.4 is 9.47 Å². The summed E-state index contributed by atoms with van der Waals surface area (Å²) in [5.41, 5.74) is 1.55. The number of carbonyl (C=O) groups is 1. The van der Waals surface area contributed by atoms with Crippen molar-refractivity contribution in [1.82, 2.24) is 4.57 Å². The first kappa shape index (κ1) is 20.6. The number of fused-ring (bicyclic) bond motifs is 1. The van der Waals surface area contributed by atoms with Crippen LogP contribution in [-0.2, 0) is 11.8 Å². The Labute approximate surface area is 165 Å². The van der Waals surface area contributed by atoms with Crippen LogP contribution in [0.4, 0.5) is 13.2 Å². The van der Waals surface area contributed by atoms with Crippen LogP contribution >= 0.6 is 0 Å². The fraction of sp³-hybridized carbons (Fsp3) is 0.286. The SMILES string of the molecule is Cc1c(-c2cccc(OC(C)(C)C(=O)O)c2)c2cc(OC(F)(F)F)ccc2n1C. The Morgan fingerprint density at radius 1 is 1.03 bits per heavy atom. The van der Waals surface area contributed by atoms with Gasteiger partial charge in [0.25, 0.3) is 0 Å². The van der Waals surface area contributed by atoms with E-state index in [0.717, 1.165) is 11.2 Å². The number of aryl methyl sites for hydroxylation is 1. The summed E-state index contributed by atoms with van der Waals surface area (Å²) in [4.78, 5) is 11.3. The molecule has 2 aromatic carbocycles. The fourth-order valence-corrected chi connectivity index (χ4v) is 3.17. The second-order valence-corrected chi connectivity index (χ2v) is 7.19. The summed E-state index contributed by atoms with van der Waals surface area (Å²) in [6.07, 6.45) is -4.78. The largest absolute Gasteiger partial charge is 0.573 e. The summed E-state index contributed by atoms with van der Waals surface area (Å²) in [6.45, 7) is 4.73. The van der Waals surface area contributed by atoms with Crippen molar-refractivity contribution in [3.8, 4) is 22.6 Å². The number of carboxylic acid groups (broad SMARTS) is 1. The molecule has 0 spiro atoms. The van der Waals surface area contributed by atoms with E-state index < -0.39 is 17.9 Å². The van der Waals surface area contributed by atoms with E-state index in [-0.39, 0.29) is 5.75 Å². The van der Waals surface area contributed by atoms with E-state index in [4.69, 9.17) is 4.74 Å². The number of alkyl halides is 3. The van der Waals surface area contributed by atoms with Crippen molar-refractivity contribution in [3.05, 3.63) is 48.2 Å². The van der Waals surface area contributed by atoms with Crippen molar-refractivity contribution in [3.63, 3.8) is 0 Å². The lowest BCUT2D eigenvalue weighted by Crippen LogP contribution is -2.37. The maximum Gasteiger partial charge on any atom is 0.573 e. The third-order valence-corrected chi connectivity index (χ3v) is 4.71. The average molecular weight is 407 g/mol. The Morgan fingerprint density at radius 2 is 1.69 bits per heavy atom. The molecule has 29 heavy (non-hydrogen) atoms. The lowest BCUT2D eigenvalue weighted by molar-refractivity contribution is -0.274. The minimum atomic E-state index is -4.78. The molecule has 8 heteroatoms. The number of carboxylic acids is 1. The molecule has 0 radical (unpaired) electrons. The van der Waals surface area contributed by atoms with Gasteiger partial charge in [0.2, 0.25) is 0 Å². The first-order valence-electron chi connectivity index (χ1n) is 8.77. The highest BCUT2D eigenvalue weighted by Gasteiger charge is 2.32. The molecule has 3 rings (SSSR count). The standard InChI is InChI=1S/C21H20F3NO4/c1-12-18(13-6-5-7-14(10-13)28-20(2,3)19(26)27)16-11-15(29-21(22,23)24)8-9-17(16)25(12)4/h5-11H,1-4H3,(H,26,27). The Hall–Kier alpha value is -3.16. The molecule has 1 N–H and O–H groups in total. The monoisotopic (exact) mass is 407 g/mol. The molecule has 3 aromatic rings. The molecule has 0 saturated carbocycles. The molecule has 0 bridgehead atoms. The smallest absolute Gasteiger partial charge is 0.478 e. The van der Waals surface area contributed by atoms with E-state index in [1.807, 2.05) is 18.5 Å². The van der Waals surface area contributed by atoms with Gasteiger partial charge in [-0.3, -0.25) is 0 Å². The number of hydrogen-bond acceptors (Lipinski definition) is 3. The first-order valence-corrected chi connectivity index (χ1v) is 8.77. The zero-order valence-electron chi connectivity index (χ0n) is 16.3. The van der Waals surface area contributed by atoms with E-state index in [1.165, 1.54) is 26.0 Å². The highest BCUT2D eigenvalue weighted by Crippen LogP contribution is 2.38. The molecule has 0 saturated heterocycles. The Morgan fingerprint density at radius 3 is 2.31 bits per heavy atom. The summed E-state index contributed by atoms with van der Waals surface area (Å²) < 4.78 is 49.4. The van der Waals surface area contributed by atoms with E-state index in [9.17, 15) is 23.1 Å². The van der Waals surface area contributed by atoms with Gasteiger partial charge in [0.1, 0.15) is 11.5 Å². The van der Waals surface area contributed by atoms with Crippen LogP contribution in [0.1, 0.15) is 19.5 Å². The number of benzene rings is 2. The molecular formula is C21H20F3NO4. The molecule has 5 nitrogen and oxygen atoms in total. The van der Waals surface area contributed by atoms with E-state index >= 15 is 0 Å². The lowest BCUT2D eigenvalue weighted by Gasteiger charge is -2.21. The Kier molecular flexibility index (Phi) is 4.98. The minimum absolute atomic E-state index is 0.309. The summed E-state index contributed by atoms with van der Waals surface area (Å²) in [6, 6.07) is 11.0. The second kappa shape index (κ2) is 7.02. The molecule has 1 aromatic heterocycles. The van der Waals surface area contributed by atoms with E-state index in [0.29, 0.717) is 22.3 Å². The molecule has 0 atom stereocenters. The number of rotatable bonds is 5. The molecule has 0 aliphatic rings. The molecule has 0 aliphatic heterocycles. The quantitative estimate of drug-likeness (QED) is 0.624. The minimum Gasteiger partial charge on any atom is -0.478 e. The van der Waals surface area contributed by atoms with Crippen LogP contribution in [0.2, 0.25) is 0 Å². The van der Waals surface area contributed by atoms with Crippen molar-refractivity contribution in [2.24, 2.45) is 7.05 Å². The number of halogens is 3. The van der Waals surface area contributed by atoms with Crippen LogP contribution in [0.15, 0.2) is 42.5 Å². The summed E-state index contributed by atoms with van der Waals surface area (Å²) >= 11 is 0. The predicted octanol–water partition coefficient (Wildman–Crippen LogP) is 5.29. The van der Waals surface area contributed by atoms with Gasteiger partial charge in [-0.05, 0) is 56.7 Å². The molecule has 0 fully saturated rings. The van der Waals surface area contributed by atoms with Gasteiger partial charge >= 0.3 is 12.3 Å². The number of aromatic nitrogens is 1. The zero-order chi connectivity index (χ0) is 21.6. The average Bonchev–Trinajstić information content (AvgIpc) is 2.83. The van der Waals surface area contributed by atoms with Gasteiger partial charge in [-0.2, -0.15) is 0 Å². The topological polar surface area (TPSA) is 60.7 Å². The van der Waals surface area contributed by atoms with Gasteiger partial charge in [0, 0.05) is 29.2 Å². The van der Waals surface area contributed by atoms with Crippen LogP contribution in [0.5, 0.6) is 11.5 Å². The Balaban J connectivity index is 2.12. The highest BCUT2D eigenvalue weighted by molar-refractivity contribution is 5.99. The molecule has 154 valence electrons. The molecule has 0 amide bonds. The normalized spacial score (nSPS) is 12.2. The zero-order valence-corrected chi connectivity index (χ0v) is 16.3. The van der Waals surface area contributed by atoms with Crippen LogP contribution in [0.25, 0.3) is 22.0 Å². The third-order valence-electron chi connectivity index (χ3n) is 4.71. The fourth-order valence-electron chi connectivity index (χ4n) is 3.17. The predicted molar refractivity (Wildman–Crippen MR) is 102 cm³/mol. The number of hydrogen-bond donors (Lipinski definition) is 1. The first-order chi connectivity index (χ1) is 13.4. The maximum atomic E-state index is 12.6. The van der Waals surface area contributed by atoms with Gasteiger partial charge in [0.15, 0.2) is 5.60 Å². The highest BCUT2D eigenvalue weighted by atomic mass is 19.4. The lowest BCUT2D eigenvalue weighted by atomic mass is 10.0. The number of nitrogens with zero attached hydrogens (tertiary/aromatic N) is 1. The van der Waals surface area contributed by atoms with Crippen LogP contribution in [0.3, 0.4) is 0 Å². The molecule has 1 heterocycles. The van der Waals surface area contributed by atoms with Crippen LogP contribution in [-0.4, -0.2) is 27.6 Å². The van der Waals surface area contributed by atoms with E-state index in [2.05, 4.69) is 4.74 Å². The molecular weight excluding hydrogens is 387 g/mol. The summed E-state index contributed by atoms with van der Waals surface area (Å²) in [5, 5.41) is 9.85. The van der Waals surface area contributed by atoms with Crippen molar-refractivity contribution in [2.45, 2.75) is 32.7 Å². The van der Waals surface area contributed by atoms with E-state index in [1.54, 1.807) is 30.3 Å². The second-order valence-electron chi connectivity index (χ2n) is 7.19. The number of aliphatic carboxylic acids is 1. The van der Waals surface area contributed by atoms with Gasteiger partial charge in [-0.15, -0.1) is 13.2 Å². The van der Waals surface area contributed by atoms with Crippen molar-refractivity contribution in [1.29, 1.82) is 0 Å². The Bertz CT molecular complexity index is 1080. The molecule has 0 unspecified atom stereocenters. The van der Waals surface area contributed by atoms with Gasteiger partial charge in [0.05, 0.1) is 0 Å². The third kappa shape index (κ3) is 4.16. The summed E-state index contributed by atoms with van der Waals surface area (Å²) in [5.74, 6) is -1.08. The van der Waals surface area contributed by atoms with Crippen LogP contribution in [0, 0.1) is 6.92 Å². The van der Waals surface area contributed by atoms with Gasteiger partial charge < -0.3 is 19.1 Å². The summed E-state index contributed by atoms with van der Waals surface area (Å²) in [7, 11) is 1.82. The van der Waals surface area contributed by atoms with Crippen molar-refractivity contribution >= 4 is 16.9 Å². The number of ether oxygens (including phenoxy) is 2. The molecule has 0 aliphatic carbocycles. The van der Waals surface area contributed by atoms with Gasteiger partial charge in [-0.1, -0.05) is 12.1 Å².